The number of nitrogens with two attached hydrogens (primary N) is 1. The largest absolute Gasteiger partial charge is 0.351 e. The second-order valence-corrected chi connectivity index (χ2v) is 5.80. The Morgan fingerprint density at radius 3 is 2.85 bits per heavy atom. The molecule has 106 valence electrons. The molecule has 7 heteroatoms. The number of benzene rings is 1. The minimum Gasteiger partial charge on any atom is -0.351 e. The maximum absolute atomic E-state index is 12.2. The van der Waals surface area contributed by atoms with Crippen LogP contribution in [-0.4, -0.2) is 33.7 Å². The van der Waals surface area contributed by atoms with Crippen molar-refractivity contribution in [1.82, 2.24) is 10.3 Å². The summed E-state index contributed by atoms with van der Waals surface area (Å²) in [4.78, 5) is 16.5. The summed E-state index contributed by atoms with van der Waals surface area (Å²) in [5.74, 6) is 5.99. The molecular weight excluding hydrogens is 276 g/mol. The number of fused-ring (bicyclic) bond motifs is 1. The second-order valence-electron chi connectivity index (χ2n) is 4.25. The minimum absolute atomic E-state index is 0.231. The Morgan fingerprint density at radius 1 is 1.40 bits per heavy atom. The van der Waals surface area contributed by atoms with Crippen molar-refractivity contribution in [3.8, 4) is 0 Å². The highest BCUT2D eigenvalue weighted by atomic mass is 32.2. The van der Waals surface area contributed by atoms with Gasteiger partial charge >= 0.3 is 0 Å². The molecule has 1 aromatic carbocycles. The Balaban J connectivity index is 2.31. The summed E-state index contributed by atoms with van der Waals surface area (Å²) in [6.07, 6.45) is 1.60. The number of nitrogens with zero attached hydrogens (tertiary/aromatic N) is 1. The topological polar surface area (TPSA) is 97.1 Å². The maximum atomic E-state index is 12.2. The second kappa shape index (κ2) is 6.44. The Labute approximate surface area is 119 Å². The highest BCUT2D eigenvalue weighted by Crippen LogP contribution is 2.20. The van der Waals surface area contributed by atoms with Crippen LogP contribution in [0.15, 0.2) is 30.3 Å². The number of amides is 1. The van der Waals surface area contributed by atoms with Gasteiger partial charge in [0.1, 0.15) is 5.82 Å². The average molecular weight is 292 g/mol. The van der Waals surface area contributed by atoms with Gasteiger partial charge < -0.3 is 10.7 Å². The third-order valence-corrected chi connectivity index (χ3v) is 3.56. The quantitative estimate of drug-likeness (QED) is 0.555. The van der Waals surface area contributed by atoms with E-state index in [4.69, 9.17) is 5.84 Å². The van der Waals surface area contributed by atoms with Crippen molar-refractivity contribution in [2.45, 2.75) is 0 Å². The maximum Gasteiger partial charge on any atom is 0.252 e. The van der Waals surface area contributed by atoms with Gasteiger partial charge in [-0.1, -0.05) is 18.2 Å². The van der Waals surface area contributed by atoms with Gasteiger partial charge in [-0.2, -0.15) is 0 Å². The van der Waals surface area contributed by atoms with Gasteiger partial charge in [0.25, 0.3) is 5.91 Å². The van der Waals surface area contributed by atoms with Crippen LogP contribution in [-0.2, 0) is 10.8 Å². The number of hydrogen-bond donors (Lipinski definition) is 3. The third-order valence-electron chi connectivity index (χ3n) is 2.78. The molecule has 0 radical (unpaired) electrons. The fourth-order valence-electron chi connectivity index (χ4n) is 1.84. The summed E-state index contributed by atoms with van der Waals surface area (Å²) in [7, 11) is -0.931. The molecule has 0 saturated carbocycles. The van der Waals surface area contributed by atoms with Gasteiger partial charge in [-0.05, 0) is 12.1 Å². The summed E-state index contributed by atoms with van der Waals surface area (Å²) < 4.78 is 11.0. The molecule has 0 saturated heterocycles. The van der Waals surface area contributed by atoms with E-state index >= 15 is 0 Å². The number of hydrazine groups is 1. The normalized spacial score (nSPS) is 12.1. The highest BCUT2D eigenvalue weighted by molar-refractivity contribution is 7.84. The Bertz CT molecular complexity index is 660. The predicted octanol–water partition coefficient (Wildman–Crippen LogP) is 0.629. The highest BCUT2D eigenvalue weighted by Gasteiger charge is 2.12. The van der Waals surface area contributed by atoms with Crippen LogP contribution in [0.5, 0.6) is 0 Å². The molecule has 1 atom stereocenters. The van der Waals surface area contributed by atoms with Crippen molar-refractivity contribution in [3.63, 3.8) is 0 Å². The zero-order chi connectivity index (χ0) is 14.5. The third kappa shape index (κ3) is 3.31. The fraction of sp³-hybridized carbons (Fsp3) is 0.231. The van der Waals surface area contributed by atoms with Gasteiger partial charge in [0.15, 0.2) is 0 Å². The number of aromatic nitrogens is 1. The molecule has 0 aliphatic rings. The molecule has 2 rings (SSSR count). The minimum atomic E-state index is -0.931. The van der Waals surface area contributed by atoms with E-state index in [1.54, 1.807) is 12.3 Å². The molecule has 4 N–H and O–H groups in total. The van der Waals surface area contributed by atoms with Gasteiger partial charge in [-0.25, -0.2) is 10.8 Å². The predicted molar refractivity (Wildman–Crippen MR) is 80.8 cm³/mol. The van der Waals surface area contributed by atoms with Crippen molar-refractivity contribution in [2.24, 2.45) is 5.84 Å². The fourth-order valence-corrected chi connectivity index (χ4v) is 2.23. The smallest absolute Gasteiger partial charge is 0.252 e. The number of nitrogen functional groups attached to an aromatic ring is 1. The first-order valence-electron chi connectivity index (χ1n) is 6.06. The molecule has 2 aromatic rings. The number of nitrogens with one attached hydrogen (secondary N) is 2. The molecule has 1 heterocycles. The average Bonchev–Trinajstić information content (AvgIpc) is 2.45. The van der Waals surface area contributed by atoms with Crippen LogP contribution in [0.3, 0.4) is 0 Å². The van der Waals surface area contributed by atoms with E-state index in [9.17, 15) is 9.00 Å². The summed E-state index contributed by atoms with van der Waals surface area (Å²) in [5.41, 5.74) is 3.63. The number of anilines is 1. The number of carbonyl (C=O) groups excluding carboxylic acids is 1. The first kappa shape index (κ1) is 14.4. The number of pyridine rings is 1. The van der Waals surface area contributed by atoms with Crippen molar-refractivity contribution in [3.05, 3.63) is 35.9 Å². The van der Waals surface area contributed by atoms with Gasteiger partial charge in [-0.15, -0.1) is 0 Å². The number of para-hydroxylation sites is 1. The molecule has 0 bridgehead atoms. The molecule has 1 unspecified atom stereocenters. The van der Waals surface area contributed by atoms with Crippen LogP contribution in [0.2, 0.25) is 0 Å². The van der Waals surface area contributed by atoms with Crippen molar-refractivity contribution >= 4 is 33.4 Å². The molecule has 0 aliphatic carbocycles. The van der Waals surface area contributed by atoms with E-state index in [0.29, 0.717) is 29.2 Å². The monoisotopic (exact) mass is 292 g/mol. The zero-order valence-electron chi connectivity index (χ0n) is 11.1. The number of rotatable bonds is 5. The Hall–Kier alpha value is -1.99. The lowest BCUT2D eigenvalue weighted by Crippen LogP contribution is -2.28. The lowest BCUT2D eigenvalue weighted by atomic mass is 10.1. The van der Waals surface area contributed by atoms with Gasteiger partial charge in [0, 0.05) is 34.7 Å². The summed E-state index contributed by atoms with van der Waals surface area (Å²) in [5, 5.41) is 3.50. The van der Waals surface area contributed by atoms with Gasteiger partial charge in [0.2, 0.25) is 0 Å². The van der Waals surface area contributed by atoms with E-state index in [-0.39, 0.29) is 5.91 Å². The molecule has 0 fully saturated rings. The Morgan fingerprint density at radius 2 is 2.15 bits per heavy atom. The van der Waals surface area contributed by atoms with E-state index in [1.165, 1.54) is 0 Å². The van der Waals surface area contributed by atoms with Gasteiger partial charge in [0.05, 0.1) is 11.1 Å². The molecule has 0 spiro atoms. The Kier molecular flexibility index (Phi) is 4.65. The number of hydrogen-bond acceptors (Lipinski definition) is 5. The molecule has 20 heavy (non-hydrogen) atoms. The van der Waals surface area contributed by atoms with Crippen LogP contribution >= 0.6 is 0 Å². The van der Waals surface area contributed by atoms with Gasteiger partial charge in [-0.3, -0.25) is 9.00 Å². The summed E-state index contributed by atoms with van der Waals surface area (Å²) in [6.45, 7) is 0.365. The van der Waals surface area contributed by atoms with E-state index in [0.717, 1.165) is 5.39 Å². The van der Waals surface area contributed by atoms with Crippen LogP contribution in [0.25, 0.3) is 10.9 Å². The van der Waals surface area contributed by atoms with Crippen LogP contribution in [0.4, 0.5) is 5.82 Å². The van der Waals surface area contributed by atoms with Crippen LogP contribution < -0.4 is 16.6 Å². The van der Waals surface area contributed by atoms with Crippen molar-refractivity contribution < 1.29 is 9.00 Å². The lowest BCUT2D eigenvalue weighted by Gasteiger charge is -2.09. The molecule has 1 aromatic heterocycles. The summed E-state index contributed by atoms with van der Waals surface area (Å²) >= 11 is 0. The number of carbonyl (C=O) groups is 1. The first-order chi connectivity index (χ1) is 9.61. The molecule has 6 nitrogen and oxygen atoms in total. The summed E-state index contributed by atoms with van der Waals surface area (Å²) in [6, 6.07) is 8.93. The molecule has 1 amide bonds. The van der Waals surface area contributed by atoms with Crippen molar-refractivity contribution in [1.29, 1.82) is 0 Å². The first-order valence-corrected chi connectivity index (χ1v) is 7.79. The molecular formula is C13H16N4O2S. The SMILES string of the molecule is CS(=O)CCNC(=O)c1cc(NN)nc2ccccc12. The van der Waals surface area contributed by atoms with Crippen LogP contribution in [0, 0.1) is 0 Å². The van der Waals surface area contributed by atoms with Crippen molar-refractivity contribution in [2.75, 3.05) is 24.0 Å². The van der Waals surface area contributed by atoms with E-state index in [2.05, 4.69) is 15.7 Å². The standard InChI is InChI=1S/C13H16N4O2S/c1-20(19)7-6-15-13(18)10-8-12(17-14)16-11-5-3-2-4-9(10)11/h2-5,8H,6-7,14H2,1H3,(H,15,18)(H,16,17). The van der Waals surface area contributed by atoms with Crippen LogP contribution in [0.1, 0.15) is 10.4 Å². The zero-order valence-corrected chi connectivity index (χ0v) is 11.9. The lowest BCUT2D eigenvalue weighted by molar-refractivity contribution is 0.0958. The molecule has 0 aliphatic heterocycles. The van der Waals surface area contributed by atoms with E-state index in [1.807, 2.05) is 24.3 Å². The van der Waals surface area contributed by atoms with E-state index < -0.39 is 10.8 Å².